The smallest absolute Gasteiger partial charge is 0.325 e. The maximum Gasteiger partial charge on any atom is 0.325 e. The average Bonchev–Trinajstić information content (AvgIpc) is 2.97. The highest BCUT2D eigenvalue weighted by atomic mass is 35.5. The van der Waals surface area contributed by atoms with Crippen LogP contribution in [-0.4, -0.2) is 30.4 Å². The lowest BCUT2D eigenvalue weighted by molar-refractivity contribution is 0.150. The number of nitrogens with two attached hydrogens (primary N) is 1. The Bertz CT molecular complexity index is 728. The Labute approximate surface area is 138 Å². The minimum absolute atomic E-state index is 0.128. The number of rotatable bonds is 5. The fourth-order valence-corrected chi connectivity index (χ4v) is 2.69. The molecule has 11 heteroatoms. The molecule has 124 valence electrons. The summed E-state index contributed by atoms with van der Waals surface area (Å²) < 4.78 is 35.6. The first-order valence-electron chi connectivity index (χ1n) is 6.01. The third-order valence-electron chi connectivity index (χ3n) is 2.72. The molecule has 0 saturated heterocycles. The van der Waals surface area contributed by atoms with Gasteiger partial charge in [0.05, 0.1) is 24.9 Å². The molecule has 23 heavy (non-hydrogen) atoms. The van der Waals surface area contributed by atoms with Crippen LogP contribution in [0.25, 0.3) is 0 Å². The van der Waals surface area contributed by atoms with E-state index in [9.17, 15) is 13.6 Å². The summed E-state index contributed by atoms with van der Waals surface area (Å²) in [6.45, 7) is 0. The van der Waals surface area contributed by atoms with Crippen molar-refractivity contribution in [3.63, 3.8) is 0 Å². The third-order valence-corrected chi connectivity index (χ3v) is 3.93. The van der Waals surface area contributed by atoms with Gasteiger partial charge < -0.3 is 15.2 Å². The number of ether oxygens (including phenoxy) is 2. The van der Waals surface area contributed by atoms with E-state index in [-0.39, 0.29) is 21.6 Å². The number of benzene rings is 1. The van der Waals surface area contributed by atoms with Gasteiger partial charge in [0.1, 0.15) is 11.5 Å². The molecule has 0 fully saturated rings. The Hall–Kier alpha value is -2.20. The van der Waals surface area contributed by atoms with Crippen LogP contribution >= 0.6 is 22.9 Å². The molecule has 7 nitrogen and oxygen atoms in total. The first-order chi connectivity index (χ1) is 10.9. The Morgan fingerprint density at radius 2 is 1.96 bits per heavy atom. The van der Waals surface area contributed by atoms with E-state index in [1.165, 1.54) is 26.4 Å². The number of aromatic nitrogens is 2. The molecule has 0 spiro atoms. The van der Waals surface area contributed by atoms with E-state index in [4.69, 9.17) is 26.8 Å². The Balaban J connectivity index is 2.57. The van der Waals surface area contributed by atoms with Crippen LogP contribution in [0.5, 0.6) is 11.5 Å². The zero-order valence-corrected chi connectivity index (χ0v) is 13.5. The van der Waals surface area contributed by atoms with Gasteiger partial charge in [-0.25, -0.2) is 18.5 Å². The van der Waals surface area contributed by atoms with Crippen molar-refractivity contribution in [2.45, 2.75) is 6.43 Å². The zero-order chi connectivity index (χ0) is 17.1. The predicted octanol–water partition coefficient (Wildman–Crippen LogP) is 3.36. The van der Waals surface area contributed by atoms with E-state index in [1.807, 2.05) is 0 Å². The number of carbonyl (C=O) groups is 1. The van der Waals surface area contributed by atoms with Crippen LogP contribution in [-0.2, 0) is 0 Å². The van der Waals surface area contributed by atoms with E-state index < -0.39 is 17.5 Å². The van der Waals surface area contributed by atoms with Crippen LogP contribution in [0.2, 0.25) is 5.02 Å². The van der Waals surface area contributed by atoms with Crippen LogP contribution in [0.4, 0.5) is 24.4 Å². The molecule has 0 saturated carbocycles. The molecule has 2 aromatic rings. The summed E-state index contributed by atoms with van der Waals surface area (Å²) in [7, 11) is 2.77. The quantitative estimate of drug-likeness (QED) is 0.878. The number of nitrogens with zero attached hydrogens (tertiary/aromatic N) is 3. The number of amides is 2. The number of hydrogen-bond acceptors (Lipinski definition) is 6. The molecule has 0 aliphatic carbocycles. The lowest BCUT2D eigenvalue weighted by Gasteiger charge is -2.20. The molecule has 0 bridgehead atoms. The molecule has 0 radical (unpaired) electrons. The van der Waals surface area contributed by atoms with Gasteiger partial charge in [-0.1, -0.05) is 22.9 Å². The number of alkyl halides is 2. The molecule has 1 heterocycles. The van der Waals surface area contributed by atoms with Crippen LogP contribution in [0.3, 0.4) is 0 Å². The molecular formula is C12H11ClF2N4O3S. The number of halogens is 3. The molecule has 0 unspecified atom stereocenters. The van der Waals surface area contributed by atoms with E-state index in [2.05, 4.69) is 10.2 Å². The number of carbonyl (C=O) groups excluding carboxylic acids is 1. The molecule has 0 aliphatic rings. The van der Waals surface area contributed by atoms with Gasteiger partial charge in [0.15, 0.2) is 5.01 Å². The molecular weight excluding hydrogens is 354 g/mol. The van der Waals surface area contributed by atoms with Crippen molar-refractivity contribution >= 4 is 39.8 Å². The summed E-state index contributed by atoms with van der Waals surface area (Å²) in [5, 5.41) is 6.40. The molecule has 0 aliphatic heterocycles. The lowest BCUT2D eigenvalue weighted by atomic mass is 10.2. The van der Waals surface area contributed by atoms with Gasteiger partial charge in [-0.15, -0.1) is 10.2 Å². The van der Waals surface area contributed by atoms with Crippen molar-refractivity contribution in [2.75, 3.05) is 19.1 Å². The predicted molar refractivity (Wildman–Crippen MR) is 81.1 cm³/mol. The van der Waals surface area contributed by atoms with Gasteiger partial charge in [-0.2, -0.15) is 0 Å². The fraction of sp³-hybridized carbons (Fsp3) is 0.250. The van der Waals surface area contributed by atoms with Crippen LogP contribution < -0.4 is 20.1 Å². The third kappa shape index (κ3) is 3.42. The topological polar surface area (TPSA) is 90.6 Å². The Morgan fingerprint density at radius 1 is 1.30 bits per heavy atom. The molecule has 2 N–H and O–H groups in total. The van der Waals surface area contributed by atoms with Gasteiger partial charge >= 0.3 is 6.03 Å². The number of primary amides is 1. The zero-order valence-electron chi connectivity index (χ0n) is 11.9. The molecule has 2 rings (SSSR count). The van der Waals surface area contributed by atoms with Crippen molar-refractivity contribution < 1.29 is 23.0 Å². The number of methoxy groups -OCH3 is 2. The second-order valence-electron chi connectivity index (χ2n) is 4.06. The van der Waals surface area contributed by atoms with Crippen molar-refractivity contribution in [1.82, 2.24) is 10.2 Å². The highest BCUT2D eigenvalue weighted by Gasteiger charge is 2.26. The Morgan fingerprint density at radius 3 is 2.43 bits per heavy atom. The van der Waals surface area contributed by atoms with Crippen molar-refractivity contribution in [1.29, 1.82) is 0 Å². The summed E-state index contributed by atoms with van der Waals surface area (Å²) in [6, 6.07) is 1.83. The highest BCUT2D eigenvalue weighted by molar-refractivity contribution is 7.15. The van der Waals surface area contributed by atoms with Gasteiger partial charge in [0, 0.05) is 6.07 Å². The minimum Gasteiger partial charge on any atom is -0.495 e. The summed E-state index contributed by atoms with van der Waals surface area (Å²) in [6.07, 6.45) is -2.81. The molecule has 0 atom stereocenters. The van der Waals surface area contributed by atoms with Crippen molar-refractivity contribution in [3.05, 3.63) is 22.2 Å². The first-order valence-corrected chi connectivity index (χ1v) is 7.21. The number of hydrogen-bond donors (Lipinski definition) is 1. The highest BCUT2D eigenvalue weighted by Crippen LogP contribution is 2.42. The molecule has 1 aromatic heterocycles. The SMILES string of the molecule is COc1cc(OC)c(N(C(N)=O)c2nnc(C(F)F)s2)cc1Cl. The maximum absolute atomic E-state index is 12.7. The Kier molecular flexibility index (Phi) is 5.16. The fourth-order valence-electron chi connectivity index (χ4n) is 1.74. The average molecular weight is 365 g/mol. The van der Waals surface area contributed by atoms with Crippen LogP contribution in [0.15, 0.2) is 12.1 Å². The second-order valence-corrected chi connectivity index (χ2v) is 5.45. The molecule has 2 amide bonds. The van der Waals surface area contributed by atoms with Crippen molar-refractivity contribution in [2.24, 2.45) is 5.73 Å². The van der Waals surface area contributed by atoms with E-state index >= 15 is 0 Å². The van der Waals surface area contributed by atoms with Gasteiger partial charge in [0.25, 0.3) is 6.43 Å². The van der Waals surface area contributed by atoms with E-state index in [1.54, 1.807) is 0 Å². The summed E-state index contributed by atoms with van der Waals surface area (Å²) in [4.78, 5) is 12.7. The van der Waals surface area contributed by atoms with Gasteiger partial charge in [-0.05, 0) is 6.07 Å². The largest absolute Gasteiger partial charge is 0.495 e. The summed E-state index contributed by atoms with van der Waals surface area (Å²) in [5.41, 5.74) is 5.47. The molecule has 1 aromatic carbocycles. The normalized spacial score (nSPS) is 10.7. The van der Waals surface area contributed by atoms with Crippen LogP contribution in [0.1, 0.15) is 11.4 Å². The second kappa shape index (κ2) is 6.92. The van der Waals surface area contributed by atoms with Gasteiger partial charge in [-0.3, -0.25) is 0 Å². The van der Waals surface area contributed by atoms with Crippen LogP contribution in [0, 0.1) is 0 Å². The maximum atomic E-state index is 12.7. The number of urea groups is 1. The number of anilines is 2. The standard InChI is InChI=1S/C12H11ClF2N4O3S/c1-21-7-4-8(22-2)6(3-5(7)13)19(11(16)20)12-18-17-10(23-12)9(14)15/h3-4,9H,1-2H3,(H2,16,20). The monoisotopic (exact) mass is 364 g/mol. The summed E-state index contributed by atoms with van der Waals surface area (Å²) in [5.74, 6) is 0.501. The van der Waals surface area contributed by atoms with Crippen molar-refractivity contribution in [3.8, 4) is 11.5 Å². The first kappa shape index (κ1) is 17.2. The van der Waals surface area contributed by atoms with E-state index in [0.29, 0.717) is 17.1 Å². The lowest BCUT2D eigenvalue weighted by Crippen LogP contribution is -2.31. The van der Waals surface area contributed by atoms with E-state index in [0.717, 1.165) is 4.90 Å². The summed E-state index contributed by atoms with van der Waals surface area (Å²) >= 11 is 6.57. The van der Waals surface area contributed by atoms with Gasteiger partial charge in [0.2, 0.25) is 5.13 Å². The minimum atomic E-state index is -2.81.